The van der Waals surface area contributed by atoms with Crippen LogP contribution in [0.3, 0.4) is 0 Å². The third-order valence-corrected chi connectivity index (χ3v) is 2.17. The van der Waals surface area contributed by atoms with Crippen LogP contribution in [0, 0.1) is 12.7 Å². The van der Waals surface area contributed by atoms with Gasteiger partial charge in [0.2, 0.25) is 0 Å². The molecule has 2 N–H and O–H groups in total. The van der Waals surface area contributed by atoms with Crippen LogP contribution in [0.25, 0.3) is 0 Å². The Balaban J connectivity index is 2.61. The van der Waals surface area contributed by atoms with Gasteiger partial charge >= 0.3 is 0 Å². The Labute approximate surface area is 78.8 Å². The predicted octanol–water partition coefficient (Wildman–Crippen LogP) is 2.42. The summed E-state index contributed by atoms with van der Waals surface area (Å²) in [6.07, 6.45) is 2.73. The average Bonchev–Trinajstić information content (AvgIpc) is 2.13. The van der Waals surface area contributed by atoms with E-state index in [0.29, 0.717) is 6.54 Å². The molecule has 1 aromatic rings. The summed E-state index contributed by atoms with van der Waals surface area (Å²) in [6.45, 7) is 2.48. The van der Waals surface area contributed by atoms with E-state index in [2.05, 4.69) is 0 Å². The Bertz CT molecular complexity index is 271. The Morgan fingerprint density at radius 2 is 2.08 bits per heavy atom. The Kier molecular flexibility index (Phi) is 3.90. The third kappa shape index (κ3) is 2.81. The highest BCUT2D eigenvalue weighted by Gasteiger charge is 2.03. The number of unbranched alkanes of at least 4 members (excludes halogenated alkanes) is 1. The maximum absolute atomic E-state index is 13.4. The molecule has 0 bridgehead atoms. The lowest BCUT2D eigenvalue weighted by Crippen LogP contribution is -2.00. The van der Waals surface area contributed by atoms with Crippen molar-refractivity contribution in [1.82, 2.24) is 0 Å². The second-order valence-corrected chi connectivity index (χ2v) is 3.29. The van der Waals surface area contributed by atoms with Gasteiger partial charge in [-0.05, 0) is 43.9 Å². The Hall–Kier alpha value is -0.890. The smallest absolute Gasteiger partial charge is 0.129 e. The first-order valence-electron chi connectivity index (χ1n) is 4.69. The van der Waals surface area contributed by atoms with Gasteiger partial charge in [-0.15, -0.1) is 0 Å². The number of benzene rings is 1. The van der Waals surface area contributed by atoms with Gasteiger partial charge in [-0.25, -0.2) is 4.39 Å². The van der Waals surface area contributed by atoms with Gasteiger partial charge in [0, 0.05) is 0 Å². The van der Waals surface area contributed by atoms with E-state index in [-0.39, 0.29) is 5.82 Å². The van der Waals surface area contributed by atoms with Crippen molar-refractivity contribution < 1.29 is 4.39 Å². The highest BCUT2D eigenvalue weighted by atomic mass is 19.1. The summed E-state index contributed by atoms with van der Waals surface area (Å²) in [5.74, 6) is -0.0560. The van der Waals surface area contributed by atoms with Crippen molar-refractivity contribution in [3.8, 4) is 0 Å². The van der Waals surface area contributed by atoms with Crippen LogP contribution in [0.1, 0.15) is 24.0 Å². The average molecular weight is 181 g/mol. The normalized spacial score (nSPS) is 10.4. The van der Waals surface area contributed by atoms with E-state index >= 15 is 0 Å². The minimum atomic E-state index is -0.0560. The second-order valence-electron chi connectivity index (χ2n) is 3.29. The molecule has 72 valence electrons. The van der Waals surface area contributed by atoms with E-state index in [9.17, 15) is 4.39 Å². The van der Waals surface area contributed by atoms with Crippen molar-refractivity contribution in [2.45, 2.75) is 26.2 Å². The predicted molar refractivity (Wildman–Crippen MR) is 53.1 cm³/mol. The molecule has 0 aliphatic carbocycles. The van der Waals surface area contributed by atoms with Crippen molar-refractivity contribution in [2.24, 2.45) is 5.73 Å². The van der Waals surface area contributed by atoms with E-state index in [0.717, 1.165) is 30.4 Å². The van der Waals surface area contributed by atoms with Gasteiger partial charge in [0.05, 0.1) is 0 Å². The highest BCUT2D eigenvalue weighted by Crippen LogP contribution is 2.13. The van der Waals surface area contributed by atoms with Crippen molar-refractivity contribution in [3.63, 3.8) is 0 Å². The molecule has 0 atom stereocenters. The van der Waals surface area contributed by atoms with Crippen LogP contribution in [0.15, 0.2) is 18.2 Å². The first-order valence-corrected chi connectivity index (χ1v) is 4.69. The zero-order chi connectivity index (χ0) is 9.68. The molecule has 0 fully saturated rings. The standard InChI is InChI=1S/C11H16FN/c1-9-5-4-7-10(11(9)12)6-2-3-8-13/h4-5,7H,2-3,6,8,13H2,1H3. The van der Waals surface area contributed by atoms with Crippen molar-refractivity contribution in [3.05, 3.63) is 35.1 Å². The Morgan fingerprint density at radius 3 is 2.77 bits per heavy atom. The highest BCUT2D eigenvalue weighted by molar-refractivity contribution is 5.24. The maximum atomic E-state index is 13.4. The number of nitrogens with two attached hydrogens (primary N) is 1. The molecule has 0 heterocycles. The summed E-state index contributed by atoms with van der Waals surface area (Å²) < 4.78 is 13.4. The zero-order valence-corrected chi connectivity index (χ0v) is 8.02. The number of hydrogen-bond acceptors (Lipinski definition) is 1. The number of aryl methyl sites for hydroxylation is 2. The molecule has 0 amide bonds. The summed E-state index contributed by atoms with van der Waals surface area (Å²) in [5, 5.41) is 0. The minimum absolute atomic E-state index is 0.0560. The van der Waals surface area contributed by atoms with Crippen LogP contribution < -0.4 is 5.73 Å². The fourth-order valence-corrected chi connectivity index (χ4v) is 1.36. The Morgan fingerprint density at radius 1 is 1.31 bits per heavy atom. The molecule has 1 aromatic carbocycles. The summed E-state index contributed by atoms with van der Waals surface area (Å²) in [4.78, 5) is 0. The molecule has 0 spiro atoms. The summed E-state index contributed by atoms with van der Waals surface area (Å²) >= 11 is 0. The zero-order valence-electron chi connectivity index (χ0n) is 8.02. The van der Waals surface area contributed by atoms with E-state index < -0.39 is 0 Å². The first-order chi connectivity index (χ1) is 6.25. The van der Waals surface area contributed by atoms with Gasteiger partial charge in [0.25, 0.3) is 0 Å². The number of halogens is 1. The van der Waals surface area contributed by atoms with Crippen LogP contribution in [-0.2, 0) is 6.42 Å². The molecule has 0 radical (unpaired) electrons. The van der Waals surface area contributed by atoms with Crippen LogP contribution in [0.5, 0.6) is 0 Å². The van der Waals surface area contributed by atoms with Crippen LogP contribution in [-0.4, -0.2) is 6.54 Å². The molecular formula is C11H16FN. The van der Waals surface area contributed by atoms with Gasteiger partial charge in [-0.1, -0.05) is 18.2 Å². The fraction of sp³-hybridized carbons (Fsp3) is 0.455. The van der Waals surface area contributed by atoms with Gasteiger partial charge in [-0.3, -0.25) is 0 Å². The fourth-order valence-electron chi connectivity index (χ4n) is 1.36. The molecule has 1 nitrogen and oxygen atoms in total. The molecule has 0 aliphatic heterocycles. The minimum Gasteiger partial charge on any atom is -0.330 e. The second kappa shape index (κ2) is 4.97. The monoisotopic (exact) mass is 181 g/mol. The molecule has 0 saturated heterocycles. The molecule has 2 heteroatoms. The molecular weight excluding hydrogens is 165 g/mol. The van der Waals surface area contributed by atoms with Crippen molar-refractivity contribution in [1.29, 1.82) is 0 Å². The summed E-state index contributed by atoms with van der Waals surface area (Å²) in [7, 11) is 0. The van der Waals surface area contributed by atoms with Crippen molar-refractivity contribution >= 4 is 0 Å². The lowest BCUT2D eigenvalue weighted by atomic mass is 10.0. The number of hydrogen-bond donors (Lipinski definition) is 1. The first kappa shape index (κ1) is 10.2. The molecule has 1 rings (SSSR count). The largest absolute Gasteiger partial charge is 0.330 e. The summed E-state index contributed by atoms with van der Waals surface area (Å²) in [6, 6.07) is 5.54. The van der Waals surface area contributed by atoms with Crippen LogP contribution >= 0.6 is 0 Å². The van der Waals surface area contributed by atoms with E-state index in [1.165, 1.54) is 0 Å². The number of rotatable bonds is 4. The third-order valence-electron chi connectivity index (χ3n) is 2.17. The molecule has 13 heavy (non-hydrogen) atoms. The SMILES string of the molecule is Cc1cccc(CCCCN)c1F. The molecule has 0 unspecified atom stereocenters. The molecule has 0 aromatic heterocycles. The lowest BCUT2D eigenvalue weighted by Gasteiger charge is -2.04. The van der Waals surface area contributed by atoms with Gasteiger partial charge in [0.15, 0.2) is 0 Å². The molecule has 0 saturated carbocycles. The van der Waals surface area contributed by atoms with E-state index in [1.54, 1.807) is 13.0 Å². The van der Waals surface area contributed by atoms with E-state index in [4.69, 9.17) is 5.73 Å². The van der Waals surface area contributed by atoms with Crippen LogP contribution in [0.4, 0.5) is 4.39 Å². The van der Waals surface area contributed by atoms with Crippen LogP contribution in [0.2, 0.25) is 0 Å². The van der Waals surface area contributed by atoms with Gasteiger partial charge in [-0.2, -0.15) is 0 Å². The quantitative estimate of drug-likeness (QED) is 0.709. The summed E-state index contributed by atoms with van der Waals surface area (Å²) in [5.41, 5.74) is 6.91. The topological polar surface area (TPSA) is 26.0 Å². The van der Waals surface area contributed by atoms with Gasteiger partial charge in [0.1, 0.15) is 5.82 Å². The maximum Gasteiger partial charge on any atom is 0.129 e. The van der Waals surface area contributed by atoms with Gasteiger partial charge < -0.3 is 5.73 Å². The lowest BCUT2D eigenvalue weighted by molar-refractivity contribution is 0.592. The molecule has 0 aliphatic rings. The van der Waals surface area contributed by atoms with Crippen molar-refractivity contribution in [2.75, 3.05) is 6.54 Å². The van der Waals surface area contributed by atoms with E-state index in [1.807, 2.05) is 12.1 Å².